The van der Waals surface area contributed by atoms with Crippen molar-refractivity contribution in [1.29, 1.82) is 0 Å². The van der Waals surface area contributed by atoms with Gasteiger partial charge in [-0.15, -0.1) is 0 Å². The van der Waals surface area contributed by atoms with E-state index in [2.05, 4.69) is 43.5 Å². The Kier molecular flexibility index (Phi) is 54.5. The Morgan fingerprint density at radius 2 is 0.767 bits per heavy atom. The highest BCUT2D eigenvalue weighted by Crippen LogP contribution is 2.38. The molecular formula is C64H125N2O6P. The lowest BCUT2D eigenvalue weighted by Gasteiger charge is -2.29. The van der Waals surface area contributed by atoms with E-state index in [1.54, 1.807) is 6.08 Å². The van der Waals surface area contributed by atoms with Crippen LogP contribution < -0.4 is 10.2 Å². The molecule has 0 fully saturated rings. The summed E-state index contributed by atoms with van der Waals surface area (Å²) >= 11 is 0. The molecule has 0 aliphatic carbocycles. The summed E-state index contributed by atoms with van der Waals surface area (Å²) in [5.74, 6) is -0.202. The lowest BCUT2D eigenvalue weighted by Crippen LogP contribution is -2.45. The summed E-state index contributed by atoms with van der Waals surface area (Å²) in [6.07, 6.45) is 72.5. The third-order valence-electron chi connectivity index (χ3n) is 14.6. The minimum atomic E-state index is -4.61. The van der Waals surface area contributed by atoms with Gasteiger partial charge in [0.15, 0.2) is 0 Å². The number of aliphatic hydroxyl groups excluding tert-OH is 1. The zero-order valence-corrected chi connectivity index (χ0v) is 50.3. The summed E-state index contributed by atoms with van der Waals surface area (Å²) in [7, 11) is 1.26. The van der Waals surface area contributed by atoms with Gasteiger partial charge >= 0.3 is 0 Å². The average molecular weight is 1050 g/mol. The number of likely N-dealkylation sites (N-methyl/N-ethyl adjacent to an activating group) is 1. The quantitative estimate of drug-likeness (QED) is 0.0272. The molecular weight excluding hydrogens is 924 g/mol. The predicted octanol–water partition coefficient (Wildman–Crippen LogP) is 19.1. The average Bonchev–Trinajstić information content (AvgIpc) is 3.35. The number of unbranched alkanes of at least 4 members (excludes halogenated alkanes) is 42. The number of carbonyl (C=O) groups is 1. The van der Waals surface area contributed by atoms with E-state index < -0.39 is 20.0 Å². The molecule has 3 unspecified atom stereocenters. The molecule has 0 aromatic rings. The molecule has 432 valence electrons. The number of quaternary nitrogens is 1. The van der Waals surface area contributed by atoms with Crippen molar-refractivity contribution in [2.75, 3.05) is 40.9 Å². The number of phosphoric acid groups is 1. The molecule has 8 nitrogen and oxygen atoms in total. The van der Waals surface area contributed by atoms with Crippen molar-refractivity contribution in [2.24, 2.45) is 0 Å². The first-order valence-electron chi connectivity index (χ1n) is 31.9. The predicted molar refractivity (Wildman–Crippen MR) is 316 cm³/mol. The van der Waals surface area contributed by atoms with Crippen molar-refractivity contribution in [3.8, 4) is 0 Å². The number of carbonyl (C=O) groups excluding carboxylic acids is 1. The molecule has 73 heavy (non-hydrogen) atoms. The fourth-order valence-electron chi connectivity index (χ4n) is 9.58. The molecule has 2 N–H and O–H groups in total. The molecule has 0 radical (unpaired) electrons. The lowest BCUT2D eigenvalue weighted by atomic mass is 10.0. The summed E-state index contributed by atoms with van der Waals surface area (Å²) in [6, 6.07) is -0.903. The smallest absolute Gasteiger partial charge is 0.268 e. The number of allylic oxidation sites excluding steroid dienone is 5. The van der Waals surface area contributed by atoms with E-state index in [1.807, 2.05) is 27.2 Å². The maximum atomic E-state index is 13.0. The summed E-state index contributed by atoms with van der Waals surface area (Å²) in [4.78, 5) is 25.5. The maximum Gasteiger partial charge on any atom is 0.268 e. The van der Waals surface area contributed by atoms with Gasteiger partial charge in [-0.05, 0) is 57.8 Å². The first-order valence-corrected chi connectivity index (χ1v) is 33.3. The molecule has 0 spiro atoms. The second kappa shape index (κ2) is 55.5. The van der Waals surface area contributed by atoms with Crippen LogP contribution in [-0.4, -0.2) is 68.5 Å². The number of hydrogen-bond acceptors (Lipinski definition) is 6. The molecule has 0 heterocycles. The van der Waals surface area contributed by atoms with Gasteiger partial charge in [-0.1, -0.05) is 288 Å². The molecule has 3 atom stereocenters. The number of nitrogens with one attached hydrogen (secondary N) is 1. The highest BCUT2D eigenvalue weighted by atomic mass is 31.2. The number of amides is 1. The van der Waals surface area contributed by atoms with Crippen LogP contribution in [0.3, 0.4) is 0 Å². The number of rotatable bonds is 59. The van der Waals surface area contributed by atoms with Crippen LogP contribution in [0.5, 0.6) is 0 Å². The minimum Gasteiger partial charge on any atom is -0.756 e. The molecule has 1 amide bonds. The molecule has 0 saturated carbocycles. The van der Waals surface area contributed by atoms with E-state index in [0.717, 1.165) is 38.5 Å². The van der Waals surface area contributed by atoms with Crippen molar-refractivity contribution in [3.05, 3.63) is 36.5 Å². The second-order valence-corrected chi connectivity index (χ2v) is 24.5. The van der Waals surface area contributed by atoms with Crippen LogP contribution in [0.2, 0.25) is 0 Å². The van der Waals surface area contributed by atoms with E-state index >= 15 is 0 Å². The Bertz CT molecular complexity index is 1280. The Morgan fingerprint density at radius 3 is 1.11 bits per heavy atom. The van der Waals surface area contributed by atoms with Gasteiger partial charge in [-0.2, -0.15) is 0 Å². The Balaban J connectivity index is 4.10. The van der Waals surface area contributed by atoms with Crippen molar-refractivity contribution >= 4 is 13.7 Å². The van der Waals surface area contributed by atoms with Crippen molar-refractivity contribution in [3.63, 3.8) is 0 Å². The van der Waals surface area contributed by atoms with E-state index in [1.165, 1.54) is 257 Å². The monoisotopic (exact) mass is 1050 g/mol. The van der Waals surface area contributed by atoms with Crippen molar-refractivity contribution in [1.82, 2.24) is 5.32 Å². The fourth-order valence-corrected chi connectivity index (χ4v) is 10.3. The van der Waals surface area contributed by atoms with Gasteiger partial charge in [-0.3, -0.25) is 9.36 Å². The van der Waals surface area contributed by atoms with Crippen LogP contribution in [0.25, 0.3) is 0 Å². The van der Waals surface area contributed by atoms with Gasteiger partial charge in [0, 0.05) is 6.42 Å². The Morgan fingerprint density at radius 1 is 0.466 bits per heavy atom. The summed E-state index contributed by atoms with van der Waals surface area (Å²) in [6.45, 7) is 4.67. The highest BCUT2D eigenvalue weighted by molar-refractivity contribution is 7.45. The van der Waals surface area contributed by atoms with Gasteiger partial charge < -0.3 is 28.8 Å². The van der Waals surface area contributed by atoms with E-state index in [0.29, 0.717) is 17.4 Å². The Hall–Kier alpha value is -1.28. The molecule has 0 saturated heterocycles. The van der Waals surface area contributed by atoms with Gasteiger partial charge in [-0.25, -0.2) is 0 Å². The fraction of sp³-hybridized carbons (Fsp3) is 0.891. The Labute approximate surface area is 455 Å². The van der Waals surface area contributed by atoms with Gasteiger partial charge in [0.05, 0.1) is 39.9 Å². The molecule has 0 aliphatic heterocycles. The molecule has 0 aromatic carbocycles. The SMILES string of the molecule is CCCCCCCCCCCCCC/C=C\CCCCCCCCCCCCCCCCCC(=O)NC(COP(=O)([O-])OCC[N+](C)(C)C)C(O)/C=C/CC/C=C/CCCCCCCCCCCCCCCC. The lowest BCUT2D eigenvalue weighted by molar-refractivity contribution is -0.870. The number of hydrogen-bond donors (Lipinski definition) is 2. The standard InChI is InChI=1S/C64H125N2O6P/c1-6-8-10-12-14-16-18-20-22-24-26-28-29-30-31-32-33-34-35-36-37-38-40-42-44-46-48-50-52-54-56-58-64(68)65-62(61-72-73(69,70)71-60-59-66(3,4)5)63(67)57-55-53-51-49-47-45-43-41-39-27-25-23-21-19-17-15-13-11-9-7-2/h30-31,47,49,55,57,62-63,67H,6-29,32-46,48,50-54,56,58-61H2,1-5H3,(H-,65,68,69,70)/b31-30-,49-47+,57-55+. The third-order valence-corrected chi connectivity index (χ3v) is 15.5. The summed E-state index contributed by atoms with van der Waals surface area (Å²) in [5.41, 5.74) is 0. The third kappa shape index (κ3) is 58.2. The van der Waals surface area contributed by atoms with E-state index in [9.17, 15) is 19.4 Å². The largest absolute Gasteiger partial charge is 0.756 e. The summed E-state index contributed by atoms with van der Waals surface area (Å²) < 4.78 is 23.4. The number of aliphatic hydroxyl groups is 1. The normalized spacial score (nSPS) is 14.0. The van der Waals surface area contributed by atoms with E-state index in [-0.39, 0.29) is 19.1 Å². The maximum absolute atomic E-state index is 13.0. The van der Waals surface area contributed by atoms with Gasteiger partial charge in [0.2, 0.25) is 5.91 Å². The molecule has 0 bridgehead atoms. The first-order chi connectivity index (χ1) is 35.5. The van der Waals surface area contributed by atoms with Gasteiger partial charge in [0.25, 0.3) is 7.82 Å². The van der Waals surface area contributed by atoms with Crippen molar-refractivity contribution in [2.45, 2.75) is 328 Å². The number of nitrogens with zero attached hydrogens (tertiary/aromatic N) is 1. The van der Waals surface area contributed by atoms with E-state index in [4.69, 9.17) is 9.05 Å². The number of phosphoric ester groups is 1. The minimum absolute atomic E-state index is 0.00502. The molecule has 0 rings (SSSR count). The summed E-state index contributed by atoms with van der Waals surface area (Å²) in [5, 5.41) is 13.9. The second-order valence-electron chi connectivity index (χ2n) is 23.1. The van der Waals surface area contributed by atoms with Crippen LogP contribution in [0.15, 0.2) is 36.5 Å². The highest BCUT2D eigenvalue weighted by Gasteiger charge is 2.23. The molecule has 0 aliphatic rings. The van der Waals surface area contributed by atoms with Gasteiger partial charge in [0.1, 0.15) is 13.2 Å². The van der Waals surface area contributed by atoms with Crippen LogP contribution in [0.4, 0.5) is 0 Å². The van der Waals surface area contributed by atoms with Crippen molar-refractivity contribution < 1.29 is 32.9 Å². The molecule has 0 aromatic heterocycles. The zero-order valence-electron chi connectivity index (χ0n) is 49.4. The topological polar surface area (TPSA) is 108 Å². The van der Waals surface area contributed by atoms with Crippen LogP contribution in [0.1, 0.15) is 316 Å². The first kappa shape index (κ1) is 71.7. The van der Waals surface area contributed by atoms with Crippen LogP contribution >= 0.6 is 7.82 Å². The van der Waals surface area contributed by atoms with Crippen LogP contribution in [0, 0.1) is 0 Å². The molecule has 9 heteroatoms. The zero-order chi connectivity index (χ0) is 53.5. The van der Waals surface area contributed by atoms with Crippen LogP contribution in [-0.2, 0) is 18.4 Å².